The summed E-state index contributed by atoms with van der Waals surface area (Å²) in [5.74, 6) is -1.05. The van der Waals surface area contributed by atoms with Gasteiger partial charge in [0.2, 0.25) is 0 Å². The van der Waals surface area contributed by atoms with Crippen LogP contribution < -0.4 is 16.0 Å². The van der Waals surface area contributed by atoms with E-state index in [2.05, 4.69) is 11.0 Å². The number of benzene rings is 1. The largest absolute Gasteiger partial charge is 0.461 e. The quantitative estimate of drug-likeness (QED) is 0.741. The lowest BCUT2D eigenvalue weighted by molar-refractivity contribution is -0.139. The van der Waals surface area contributed by atoms with Crippen LogP contribution in [0.3, 0.4) is 0 Å². The van der Waals surface area contributed by atoms with Crippen molar-refractivity contribution in [1.82, 2.24) is 11.0 Å². The number of allylic oxidation sites excluding steroid dienone is 1. The van der Waals surface area contributed by atoms with E-state index in [0.29, 0.717) is 6.07 Å². The number of nitrogens with zero attached hydrogens (tertiary/aromatic N) is 1. The van der Waals surface area contributed by atoms with Gasteiger partial charge in [-0.15, -0.1) is 5.53 Å². The molecule has 2 rings (SSSR count). The molecule has 7 nitrogen and oxygen atoms in total. The fourth-order valence-corrected chi connectivity index (χ4v) is 3.42. The number of halogens is 3. The number of hydrazine groups is 2. The molecule has 0 radical (unpaired) electrons. The van der Waals surface area contributed by atoms with Gasteiger partial charge in [0.05, 0.1) is 34.2 Å². The van der Waals surface area contributed by atoms with Gasteiger partial charge in [-0.1, -0.05) is 6.92 Å². The SMILES string of the molecule is CCOC(=O)C1=C(C)N(c2ccc(C(F)(F)F)cc2S(=O)(=O)CC)NN1. The van der Waals surface area contributed by atoms with Crippen LogP contribution in [0.15, 0.2) is 34.5 Å². The summed E-state index contributed by atoms with van der Waals surface area (Å²) < 4.78 is 68.5. The molecule has 0 saturated heterocycles. The zero-order valence-electron chi connectivity index (χ0n) is 14.3. The number of hydrogen-bond acceptors (Lipinski definition) is 7. The van der Waals surface area contributed by atoms with Crippen molar-refractivity contribution in [3.63, 3.8) is 0 Å². The number of sulfone groups is 1. The highest BCUT2D eigenvalue weighted by molar-refractivity contribution is 7.91. The standard InChI is InChI=1S/C15H18F3N3O4S/c1-4-25-14(22)13-9(3)21(20-19-13)11-7-6-10(15(16,17)18)8-12(11)26(23,24)5-2/h6-8,19-20H,4-5H2,1-3H3. The summed E-state index contributed by atoms with van der Waals surface area (Å²) >= 11 is 0. The van der Waals surface area contributed by atoms with Gasteiger partial charge in [-0.2, -0.15) is 13.2 Å². The van der Waals surface area contributed by atoms with Crippen LogP contribution in [0.5, 0.6) is 0 Å². The number of rotatable bonds is 5. The Balaban J connectivity index is 2.58. The van der Waals surface area contributed by atoms with Crippen LogP contribution in [0.1, 0.15) is 26.3 Å². The van der Waals surface area contributed by atoms with Crippen LogP contribution in [-0.4, -0.2) is 26.7 Å². The number of nitrogens with one attached hydrogen (secondary N) is 2. The lowest BCUT2D eigenvalue weighted by Crippen LogP contribution is -2.39. The molecule has 2 N–H and O–H groups in total. The van der Waals surface area contributed by atoms with Crippen molar-refractivity contribution < 1.29 is 31.1 Å². The highest BCUT2D eigenvalue weighted by atomic mass is 32.2. The fraction of sp³-hybridized carbons (Fsp3) is 0.400. The number of alkyl halides is 3. The summed E-state index contributed by atoms with van der Waals surface area (Å²) in [6.07, 6.45) is -4.69. The molecule has 1 aromatic carbocycles. The van der Waals surface area contributed by atoms with Crippen LogP contribution in [0.25, 0.3) is 0 Å². The van der Waals surface area contributed by atoms with Crippen molar-refractivity contribution in [3.05, 3.63) is 35.2 Å². The number of esters is 1. The zero-order chi connectivity index (χ0) is 19.7. The minimum atomic E-state index is -4.69. The lowest BCUT2D eigenvalue weighted by atomic mass is 10.2. The Bertz CT molecular complexity index is 850. The number of carbonyl (C=O) groups excluding carboxylic acids is 1. The minimum Gasteiger partial charge on any atom is -0.461 e. The van der Waals surface area contributed by atoms with E-state index in [4.69, 9.17) is 4.74 Å². The van der Waals surface area contributed by atoms with Crippen LogP contribution in [0.4, 0.5) is 18.9 Å². The second-order valence-electron chi connectivity index (χ2n) is 5.34. The molecule has 0 aliphatic carbocycles. The third kappa shape index (κ3) is 3.78. The van der Waals surface area contributed by atoms with Crippen molar-refractivity contribution in [2.45, 2.75) is 31.8 Å². The second kappa shape index (κ2) is 7.16. The second-order valence-corrected chi connectivity index (χ2v) is 7.58. The van der Waals surface area contributed by atoms with Gasteiger partial charge >= 0.3 is 12.1 Å². The van der Waals surface area contributed by atoms with Crippen molar-refractivity contribution in [3.8, 4) is 0 Å². The van der Waals surface area contributed by atoms with E-state index < -0.39 is 32.4 Å². The summed E-state index contributed by atoms with van der Waals surface area (Å²) in [5, 5.41) is 1.19. The van der Waals surface area contributed by atoms with Crippen molar-refractivity contribution >= 4 is 21.5 Å². The first-order valence-electron chi connectivity index (χ1n) is 7.66. The Labute approximate surface area is 148 Å². The number of hydrogen-bond donors (Lipinski definition) is 2. The monoisotopic (exact) mass is 393 g/mol. The summed E-state index contributed by atoms with van der Waals surface area (Å²) in [5.41, 5.74) is 4.29. The summed E-state index contributed by atoms with van der Waals surface area (Å²) in [4.78, 5) is 11.4. The third-order valence-corrected chi connectivity index (χ3v) is 5.47. The summed E-state index contributed by atoms with van der Waals surface area (Å²) in [7, 11) is -3.97. The molecule has 1 aliphatic heterocycles. The normalized spacial score (nSPS) is 15.2. The van der Waals surface area contributed by atoms with Gasteiger partial charge in [0, 0.05) is 0 Å². The molecule has 26 heavy (non-hydrogen) atoms. The van der Waals surface area contributed by atoms with Gasteiger partial charge in [-0.25, -0.2) is 13.2 Å². The Morgan fingerprint density at radius 2 is 1.92 bits per heavy atom. The third-order valence-electron chi connectivity index (χ3n) is 3.71. The molecule has 0 fully saturated rings. The smallest absolute Gasteiger partial charge is 0.416 e. The van der Waals surface area contributed by atoms with Gasteiger partial charge in [-0.3, -0.25) is 10.4 Å². The molecular formula is C15H18F3N3O4S. The van der Waals surface area contributed by atoms with Gasteiger partial charge in [0.25, 0.3) is 0 Å². The zero-order valence-corrected chi connectivity index (χ0v) is 15.1. The molecule has 0 unspecified atom stereocenters. The van der Waals surface area contributed by atoms with E-state index in [1.54, 1.807) is 6.92 Å². The van der Waals surface area contributed by atoms with Gasteiger partial charge in [-0.05, 0) is 32.0 Å². The molecule has 11 heteroatoms. The molecule has 0 bridgehead atoms. The molecule has 0 saturated carbocycles. The molecule has 1 aliphatic rings. The van der Waals surface area contributed by atoms with Crippen LogP contribution in [0, 0.1) is 0 Å². The fourth-order valence-electron chi connectivity index (χ4n) is 2.32. The lowest BCUT2D eigenvalue weighted by Gasteiger charge is -2.23. The number of ether oxygens (including phenoxy) is 1. The topological polar surface area (TPSA) is 87.7 Å². The maximum atomic E-state index is 13.0. The predicted molar refractivity (Wildman–Crippen MR) is 87.3 cm³/mol. The van der Waals surface area contributed by atoms with E-state index in [1.807, 2.05) is 0 Å². The van der Waals surface area contributed by atoms with E-state index in [1.165, 1.54) is 18.9 Å². The van der Waals surface area contributed by atoms with Gasteiger partial charge < -0.3 is 4.74 Å². The molecule has 1 heterocycles. The van der Waals surface area contributed by atoms with Gasteiger partial charge in [0.1, 0.15) is 0 Å². The first-order chi connectivity index (χ1) is 12.0. The summed E-state index contributed by atoms with van der Waals surface area (Å²) in [6, 6.07) is 2.41. The average molecular weight is 393 g/mol. The number of anilines is 1. The van der Waals surface area contributed by atoms with E-state index in [-0.39, 0.29) is 29.4 Å². The maximum Gasteiger partial charge on any atom is 0.416 e. The first kappa shape index (κ1) is 20.0. The predicted octanol–water partition coefficient (Wildman–Crippen LogP) is 2.12. The van der Waals surface area contributed by atoms with E-state index in [9.17, 15) is 26.4 Å². The van der Waals surface area contributed by atoms with Crippen LogP contribution in [0.2, 0.25) is 0 Å². The molecule has 0 spiro atoms. The van der Waals surface area contributed by atoms with E-state index in [0.717, 1.165) is 12.1 Å². The maximum absolute atomic E-state index is 13.0. The number of carbonyl (C=O) groups is 1. The molecule has 144 valence electrons. The van der Waals surface area contributed by atoms with Crippen molar-refractivity contribution in [2.24, 2.45) is 0 Å². The average Bonchev–Trinajstić information content (AvgIpc) is 2.95. The van der Waals surface area contributed by atoms with E-state index >= 15 is 0 Å². The molecule has 1 aromatic rings. The Kier molecular flexibility index (Phi) is 5.52. The van der Waals surface area contributed by atoms with Crippen LogP contribution >= 0.6 is 0 Å². The highest BCUT2D eigenvalue weighted by Gasteiger charge is 2.35. The van der Waals surface area contributed by atoms with Gasteiger partial charge in [0.15, 0.2) is 15.5 Å². The molecule has 0 aromatic heterocycles. The Hall–Kier alpha value is -2.27. The molecule has 0 atom stereocenters. The summed E-state index contributed by atoms with van der Waals surface area (Å²) in [6.45, 7) is 4.59. The first-order valence-corrected chi connectivity index (χ1v) is 9.32. The van der Waals surface area contributed by atoms with Crippen LogP contribution in [-0.2, 0) is 25.5 Å². The molecular weight excluding hydrogens is 375 g/mol. The Morgan fingerprint density at radius 1 is 1.27 bits per heavy atom. The Morgan fingerprint density at radius 3 is 2.46 bits per heavy atom. The highest BCUT2D eigenvalue weighted by Crippen LogP contribution is 2.36. The van der Waals surface area contributed by atoms with Crippen molar-refractivity contribution in [2.75, 3.05) is 17.4 Å². The van der Waals surface area contributed by atoms with Crippen molar-refractivity contribution in [1.29, 1.82) is 0 Å². The molecule has 0 amide bonds. The minimum absolute atomic E-state index is 0.0339.